The van der Waals surface area contributed by atoms with Gasteiger partial charge in [-0.05, 0) is 87.5 Å². The van der Waals surface area contributed by atoms with Crippen molar-refractivity contribution < 1.29 is 14.3 Å². The molecule has 1 amide bonds. The molecule has 2 rings (SSSR count). The zero-order valence-electron chi connectivity index (χ0n) is 13.8. The average molecular weight is 563 g/mol. The first kappa shape index (κ1) is 20.2. The van der Waals surface area contributed by atoms with E-state index in [1.165, 1.54) is 0 Å². The highest BCUT2D eigenvalue weighted by molar-refractivity contribution is 14.1. The number of carbonyl (C=O) groups excluding carboxylic acids is 2. The second kappa shape index (κ2) is 9.51. The fourth-order valence-corrected chi connectivity index (χ4v) is 3.37. The molecule has 132 valence electrons. The molecule has 0 saturated heterocycles. The molecule has 0 heterocycles. The van der Waals surface area contributed by atoms with Crippen LogP contribution in [-0.2, 0) is 27.2 Å². The normalized spacial score (nSPS) is 11.0. The summed E-state index contributed by atoms with van der Waals surface area (Å²) in [5.41, 5.74) is 0.804. The lowest BCUT2D eigenvalue weighted by Gasteiger charge is -2.31. The van der Waals surface area contributed by atoms with E-state index < -0.39 is 11.5 Å². The van der Waals surface area contributed by atoms with Gasteiger partial charge in [0.05, 0.1) is 6.61 Å². The summed E-state index contributed by atoms with van der Waals surface area (Å²) >= 11 is 4.47. The van der Waals surface area contributed by atoms with Gasteiger partial charge in [0.25, 0.3) is 0 Å². The molecule has 0 aliphatic rings. The summed E-state index contributed by atoms with van der Waals surface area (Å²) in [5.74, 6) is -0.417. The lowest BCUT2D eigenvalue weighted by atomic mass is 9.84. The highest BCUT2D eigenvalue weighted by Crippen LogP contribution is 2.22. The molecule has 0 unspecified atom stereocenters. The van der Waals surface area contributed by atoms with Gasteiger partial charge in [0.2, 0.25) is 6.41 Å². The Kier molecular flexibility index (Phi) is 7.67. The molecule has 0 aromatic heterocycles. The van der Waals surface area contributed by atoms with Crippen molar-refractivity contribution in [3.8, 4) is 0 Å². The number of halogens is 2. The first-order valence-corrected chi connectivity index (χ1v) is 10.0. The quantitative estimate of drug-likeness (QED) is 0.303. The molecular weight excluding hydrogens is 544 g/mol. The van der Waals surface area contributed by atoms with Crippen LogP contribution in [0.25, 0.3) is 0 Å². The maximum atomic E-state index is 12.8. The Morgan fingerprint density at radius 1 is 1.00 bits per heavy atom. The second-order valence-corrected chi connectivity index (χ2v) is 8.16. The largest absolute Gasteiger partial charge is 0.464 e. The molecule has 0 fully saturated rings. The Hall–Kier alpha value is -1.16. The maximum Gasteiger partial charge on any atom is 0.332 e. The van der Waals surface area contributed by atoms with Crippen LogP contribution < -0.4 is 5.32 Å². The van der Waals surface area contributed by atoms with Crippen molar-refractivity contribution in [2.45, 2.75) is 25.3 Å². The molecule has 0 atom stereocenters. The highest BCUT2D eigenvalue weighted by Gasteiger charge is 2.40. The Morgan fingerprint density at radius 3 is 1.80 bits per heavy atom. The second-order valence-electron chi connectivity index (χ2n) is 5.67. The van der Waals surface area contributed by atoms with Gasteiger partial charge in [0.1, 0.15) is 5.54 Å². The summed E-state index contributed by atoms with van der Waals surface area (Å²) in [5, 5.41) is 2.75. The van der Waals surface area contributed by atoms with Crippen LogP contribution in [0.1, 0.15) is 18.1 Å². The molecule has 4 nitrogen and oxygen atoms in total. The van der Waals surface area contributed by atoms with E-state index in [1.54, 1.807) is 6.92 Å². The van der Waals surface area contributed by atoms with Crippen LogP contribution in [0.2, 0.25) is 0 Å². The molecule has 0 bridgehead atoms. The summed E-state index contributed by atoms with van der Waals surface area (Å²) in [7, 11) is 0. The van der Waals surface area contributed by atoms with E-state index >= 15 is 0 Å². The Morgan fingerprint density at radius 2 is 1.44 bits per heavy atom. The Labute approximate surface area is 175 Å². The van der Waals surface area contributed by atoms with Gasteiger partial charge in [0.15, 0.2) is 0 Å². The Bertz CT molecular complexity index is 667. The molecule has 25 heavy (non-hydrogen) atoms. The monoisotopic (exact) mass is 563 g/mol. The molecule has 0 radical (unpaired) electrons. The highest BCUT2D eigenvalue weighted by atomic mass is 127. The number of esters is 1. The topological polar surface area (TPSA) is 55.4 Å². The van der Waals surface area contributed by atoms with Crippen LogP contribution in [0.15, 0.2) is 48.5 Å². The predicted octanol–water partition coefficient (Wildman–Crippen LogP) is 3.73. The van der Waals surface area contributed by atoms with Crippen molar-refractivity contribution in [1.29, 1.82) is 0 Å². The summed E-state index contributed by atoms with van der Waals surface area (Å²) in [6.45, 7) is 2.03. The van der Waals surface area contributed by atoms with Crippen molar-refractivity contribution in [2.24, 2.45) is 0 Å². The molecule has 0 aliphatic carbocycles. The van der Waals surface area contributed by atoms with Gasteiger partial charge in [-0.2, -0.15) is 0 Å². The van der Waals surface area contributed by atoms with Crippen molar-refractivity contribution in [2.75, 3.05) is 6.61 Å². The number of carbonyl (C=O) groups is 2. The van der Waals surface area contributed by atoms with E-state index in [0.29, 0.717) is 19.3 Å². The standard InChI is InChI=1S/C19H19I2NO3/c1-2-25-18(24)19(22-13-23,11-14-3-7-16(20)8-4-14)12-15-5-9-17(21)10-6-15/h3-10,13H,2,11-12H2,1H3,(H,22,23). The van der Waals surface area contributed by atoms with E-state index in [1.807, 2.05) is 48.5 Å². The lowest BCUT2D eigenvalue weighted by Crippen LogP contribution is -2.56. The van der Waals surface area contributed by atoms with Gasteiger partial charge in [0, 0.05) is 20.0 Å². The molecule has 0 saturated carbocycles. The van der Waals surface area contributed by atoms with Gasteiger partial charge in [-0.3, -0.25) is 4.79 Å². The van der Waals surface area contributed by atoms with Gasteiger partial charge in [-0.15, -0.1) is 0 Å². The molecular formula is C19H19I2NO3. The number of nitrogens with one attached hydrogen (secondary N) is 1. The number of ether oxygens (including phenoxy) is 1. The first-order chi connectivity index (χ1) is 12.0. The third-order valence-electron chi connectivity index (χ3n) is 3.84. The van der Waals surface area contributed by atoms with E-state index in [0.717, 1.165) is 18.3 Å². The van der Waals surface area contributed by atoms with Crippen LogP contribution in [0.5, 0.6) is 0 Å². The molecule has 0 spiro atoms. The number of hydrogen-bond donors (Lipinski definition) is 1. The number of hydrogen-bond acceptors (Lipinski definition) is 3. The van der Waals surface area contributed by atoms with Crippen LogP contribution in [0, 0.1) is 7.14 Å². The third-order valence-corrected chi connectivity index (χ3v) is 5.28. The zero-order chi connectivity index (χ0) is 18.3. The first-order valence-electron chi connectivity index (χ1n) is 7.86. The molecule has 6 heteroatoms. The average Bonchev–Trinajstić information content (AvgIpc) is 2.59. The number of benzene rings is 2. The fraction of sp³-hybridized carbons (Fsp3) is 0.263. The predicted molar refractivity (Wildman–Crippen MR) is 114 cm³/mol. The van der Waals surface area contributed by atoms with Crippen molar-refractivity contribution in [3.05, 3.63) is 66.8 Å². The minimum atomic E-state index is -1.13. The Balaban J connectivity index is 2.38. The third kappa shape index (κ3) is 5.67. The molecule has 2 aromatic carbocycles. The van der Waals surface area contributed by atoms with E-state index in [-0.39, 0.29) is 6.61 Å². The lowest BCUT2D eigenvalue weighted by molar-refractivity contribution is -0.152. The molecule has 1 N–H and O–H groups in total. The van der Waals surface area contributed by atoms with E-state index in [4.69, 9.17) is 4.74 Å². The van der Waals surface area contributed by atoms with Gasteiger partial charge in [-0.25, -0.2) is 4.79 Å². The molecule has 0 aliphatic heterocycles. The summed E-state index contributed by atoms with van der Waals surface area (Å²) in [6.07, 6.45) is 1.32. The van der Waals surface area contributed by atoms with Crippen LogP contribution >= 0.6 is 45.2 Å². The SMILES string of the molecule is CCOC(=O)C(Cc1ccc(I)cc1)(Cc1ccc(I)cc1)NC=O. The van der Waals surface area contributed by atoms with Crippen molar-refractivity contribution in [3.63, 3.8) is 0 Å². The van der Waals surface area contributed by atoms with Crippen LogP contribution in [-0.4, -0.2) is 24.5 Å². The van der Waals surface area contributed by atoms with Crippen LogP contribution in [0.3, 0.4) is 0 Å². The summed E-state index contributed by atoms with van der Waals surface area (Å²) in [6, 6.07) is 15.8. The van der Waals surface area contributed by atoms with Gasteiger partial charge >= 0.3 is 5.97 Å². The van der Waals surface area contributed by atoms with Crippen LogP contribution in [0.4, 0.5) is 0 Å². The zero-order valence-corrected chi connectivity index (χ0v) is 18.1. The van der Waals surface area contributed by atoms with Crippen molar-refractivity contribution in [1.82, 2.24) is 5.32 Å². The van der Waals surface area contributed by atoms with Crippen molar-refractivity contribution >= 4 is 57.6 Å². The van der Waals surface area contributed by atoms with E-state index in [2.05, 4.69) is 50.5 Å². The maximum absolute atomic E-state index is 12.8. The number of amides is 1. The van der Waals surface area contributed by atoms with E-state index in [9.17, 15) is 9.59 Å². The summed E-state index contributed by atoms with van der Waals surface area (Å²) in [4.78, 5) is 24.0. The smallest absolute Gasteiger partial charge is 0.332 e. The van der Waals surface area contributed by atoms with Gasteiger partial charge < -0.3 is 10.1 Å². The molecule has 2 aromatic rings. The number of rotatable bonds is 8. The minimum Gasteiger partial charge on any atom is -0.464 e. The summed E-state index contributed by atoms with van der Waals surface area (Å²) < 4.78 is 7.52. The van der Waals surface area contributed by atoms with Gasteiger partial charge in [-0.1, -0.05) is 24.3 Å². The fourth-order valence-electron chi connectivity index (χ4n) is 2.65. The minimum absolute atomic E-state index is 0.264.